The lowest BCUT2D eigenvalue weighted by Gasteiger charge is -2.10. The molecule has 0 bridgehead atoms. The minimum Gasteiger partial charge on any atom is -0.493 e. The van der Waals surface area contributed by atoms with Gasteiger partial charge in [0.1, 0.15) is 0 Å². The summed E-state index contributed by atoms with van der Waals surface area (Å²) in [6.07, 6.45) is 0.704. The van der Waals surface area contributed by atoms with Crippen molar-refractivity contribution < 1.29 is 14.3 Å². The molecule has 0 fully saturated rings. The third-order valence-corrected chi connectivity index (χ3v) is 5.27. The molecule has 1 amide bonds. The van der Waals surface area contributed by atoms with Gasteiger partial charge in [0.25, 0.3) is 0 Å². The van der Waals surface area contributed by atoms with E-state index in [4.69, 9.17) is 9.47 Å². The maximum Gasteiger partial charge on any atom is 0.230 e. The van der Waals surface area contributed by atoms with E-state index in [9.17, 15) is 4.79 Å². The van der Waals surface area contributed by atoms with Crippen LogP contribution in [0.15, 0.2) is 59.8 Å². The van der Waals surface area contributed by atoms with Gasteiger partial charge < -0.3 is 14.8 Å². The Morgan fingerprint density at radius 3 is 2.50 bits per heavy atom. The highest BCUT2D eigenvalue weighted by Gasteiger charge is 2.09. The Kier molecular flexibility index (Phi) is 7.68. The maximum absolute atomic E-state index is 12.2. The molecule has 2 aromatic carbocycles. The number of methoxy groups -OCH3 is 2. The fraction of sp³-hybridized carbons (Fsp3) is 0.261. The molecule has 0 spiro atoms. The number of thioether (sulfide) groups is 1. The number of nitrogens with zero attached hydrogens (tertiary/aromatic N) is 2. The first-order valence-electron chi connectivity index (χ1n) is 9.60. The molecule has 6 nitrogen and oxygen atoms in total. The second kappa shape index (κ2) is 10.6. The van der Waals surface area contributed by atoms with Gasteiger partial charge in [-0.25, -0.2) is 9.97 Å². The fourth-order valence-electron chi connectivity index (χ4n) is 2.93. The molecular weight excluding hydrogens is 398 g/mol. The van der Waals surface area contributed by atoms with Gasteiger partial charge in [-0.15, -0.1) is 0 Å². The van der Waals surface area contributed by atoms with Crippen LogP contribution in [-0.4, -0.2) is 42.4 Å². The van der Waals surface area contributed by atoms with Crippen LogP contribution in [0.25, 0.3) is 11.3 Å². The van der Waals surface area contributed by atoms with Crippen molar-refractivity contribution in [2.45, 2.75) is 18.5 Å². The van der Waals surface area contributed by atoms with Crippen molar-refractivity contribution in [1.29, 1.82) is 0 Å². The molecule has 0 unspecified atom stereocenters. The number of benzene rings is 2. The minimum absolute atomic E-state index is 0.0492. The van der Waals surface area contributed by atoms with Gasteiger partial charge in [-0.3, -0.25) is 4.79 Å². The van der Waals surface area contributed by atoms with E-state index in [2.05, 4.69) is 15.3 Å². The van der Waals surface area contributed by atoms with Crippen LogP contribution in [0.5, 0.6) is 11.5 Å². The number of aromatic nitrogens is 2. The van der Waals surface area contributed by atoms with Gasteiger partial charge in [0.05, 0.1) is 25.7 Å². The molecule has 0 aliphatic rings. The third kappa shape index (κ3) is 5.97. The van der Waals surface area contributed by atoms with E-state index in [1.807, 2.05) is 61.5 Å². The molecule has 1 heterocycles. The minimum atomic E-state index is -0.0492. The van der Waals surface area contributed by atoms with Crippen molar-refractivity contribution in [2.24, 2.45) is 0 Å². The van der Waals surface area contributed by atoms with Crippen molar-refractivity contribution in [1.82, 2.24) is 15.3 Å². The SMILES string of the molecule is COc1ccc(CCNC(=O)CSc2nc(C)cc(-c3ccccc3)n2)cc1OC. The van der Waals surface area contributed by atoms with E-state index in [1.165, 1.54) is 11.8 Å². The summed E-state index contributed by atoms with van der Waals surface area (Å²) in [5.41, 5.74) is 3.83. The molecule has 0 atom stereocenters. The predicted molar refractivity (Wildman–Crippen MR) is 119 cm³/mol. The van der Waals surface area contributed by atoms with Crippen LogP contribution in [0.4, 0.5) is 0 Å². The van der Waals surface area contributed by atoms with E-state index in [-0.39, 0.29) is 11.7 Å². The van der Waals surface area contributed by atoms with Crippen LogP contribution in [0.1, 0.15) is 11.3 Å². The molecule has 0 radical (unpaired) electrons. The van der Waals surface area contributed by atoms with E-state index in [1.54, 1.807) is 14.2 Å². The summed E-state index contributed by atoms with van der Waals surface area (Å²) in [6, 6.07) is 17.7. The van der Waals surface area contributed by atoms with Crippen LogP contribution < -0.4 is 14.8 Å². The normalized spacial score (nSPS) is 10.5. The Morgan fingerprint density at radius 2 is 1.77 bits per heavy atom. The van der Waals surface area contributed by atoms with E-state index in [0.717, 1.165) is 22.5 Å². The molecular formula is C23H25N3O3S. The number of carbonyl (C=O) groups is 1. The van der Waals surface area contributed by atoms with Gasteiger partial charge in [-0.05, 0) is 37.1 Å². The predicted octanol–water partition coefficient (Wildman–Crippen LogP) is 3.92. The Balaban J connectivity index is 1.51. The summed E-state index contributed by atoms with van der Waals surface area (Å²) < 4.78 is 10.6. The molecule has 1 N–H and O–H groups in total. The highest BCUT2D eigenvalue weighted by Crippen LogP contribution is 2.27. The zero-order valence-electron chi connectivity index (χ0n) is 17.3. The van der Waals surface area contributed by atoms with Gasteiger partial charge in [0, 0.05) is 17.8 Å². The quantitative estimate of drug-likeness (QED) is 0.415. The van der Waals surface area contributed by atoms with Crippen molar-refractivity contribution in [3.05, 3.63) is 65.9 Å². The monoisotopic (exact) mass is 423 g/mol. The zero-order chi connectivity index (χ0) is 21.3. The number of nitrogens with one attached hydrogen (secondary N) is 1. The van der Waals surface area contributed by atoms with Gasteiger partial charge in [0.15, 0.2) is 16.7 Å². The number of hydrogen-bond donors (Lipinski definition) is 1. The number of rotatable bonds is 9. The van der Waals surface area contributed by atoms with Crippen LogP contribution >= 0.6 is 11.8 Å². The molecule has 0 aliphatic carbocycles. The highest BCUT2D eigenvalue weighted by atomic mass is 32.2. The lowest BCUT2D eigenvalue weighted by molar-refractivity contribution is -0.118. The number of carbonyl (C=O) groups excluding carboxylic acids is 1. The van der Waals surface area contributed by atoms with Crippen molar-refractivity contribution in [3.8, 4) is 22.8 Å². The smallest absolute Gasteiger partial charge is 0.230 e. The molecule has 0 saturated carbocycles. The summed E-state index contributed by atoms with van der Waals surface area (Å²) in [4.78, 5) is 21.3. The van der Waals surface area contributed by atoms with E-state index < -0.39 is 0 Å². The molecule has 3 rings (SSSR count). The fourth-order valence-corrected chi connectivity index (χ4v) is 3.66. The van der Waals surface area contributed by atoms with Gasteiger partial charge in [0.2, 0.25) is 5.91 Å². The summed E-state index contributed by atoms with van der Waals surface area (Å²) in [6.45, 7) is 2.47. The first kappa shape index (κ1) is 21.6. The lowest BCUT2D eigenvalue weighted by atomic mass is 10.1. The Morgan fingerprint density at radius 1 is 1.00 bits per heavy atom. The molecule has 0 aliphatic heterocycles. The van der Waals surface area contributed by atoms with Gasteiger partial charge >= 0.3 is 0 Å². The second-order valence-corrected chi connectivity index (χ2v) is 7.56. The Bertz CT molecular complexity index is 996. The second-order valence-electron chi connectivity index (χ2n) is 6.62. The summed E-state index contributed by atoms with van der Waals surface area (Å²) in [7, 11) is 3.22. The van der Waals surface area contributed by atoms with E-state index in [0.29, 0.717) is 29.6 Å². The van der Waals surface area contributed by atoms with Crippen molar-refractivity contribution in [2.75, 3.05) is 26.5 Å². The molecule has 156 valence electrons. The Hall–Kier alpha value is -3.06. The highest BCUT2D eigenvalue weighted by molar-refractivity contribution is 7.99. The number of ether oxygens (including phenoxy) is 2. The largest absolute Gasteiger partial charge is 0.493 e. The first-order valence-corrected chi connectivity index (χ1v) is 10.6. The molecule has 0 saturated heterocycles. The molecule has 7 heteroatoms. The van der Waals surface area contributed by atoms with Crippen molar-refractivity contribution >= 4 is 17.7 Å². The van der Waals surface area contributed by atoms with Crippen molar-refractivity contribution in [3.63, 3.8) is 0 Å². The van der Waals surface area contributed by atoms with Crippen LogP contribution in [0.3, 0.4) is 0 Å². The summed E-state index contributed by atoms with van der Waals surface area (Å²) >= 11 is 1.34. The summed E-state index contributed by atoms with van der Waals surface area (Å²) in [5.74, 6) is 1.59. The average molecular weight is 424 g/mol. The summed E-state index contributed by atoms with van der Waals surface area (Å²) in [5, 5.41) is 3.54. The number of hydrogen-bond acceptors (Lipinski definition) is 6. The van der Waals surface area contributed by atoms with Crippen LogP contribution in [0, 0.1) is 6.92 Å². The first-order chi connectivity index (χ1) is 14.6. The van der Waals surface area contributed by atoms with Crippen LogP contribution in [0.2, 0.25) is 0 Å². The maximum atomic E-state index is 12.2. The molecule has 1 aromatic heterocycles. The topological polar surface area (TPSA) is 73.3 Å². The van der Waals surface area contributed by atoms with Crippen LogP contribution in [-0.2, 0) is 11.2 Å². The average Bonchev–Trinajstić information content (AvgIpc) is 2.77. The van der Waals surface area contributed by atoms with Gasteiger partial charge in [-0.1, -0.05) is 48.2 Å². The Labute approximate surface area is 181 Å². The van der Waals surface area contributed by atoms with E-state index >= 15 is 0 Å². The number of amides is 1. The number of aryl methyl sites for hydroxylation is 1. The van der Waals surface area contributed by atoms with Gasteiger partial charge in [-0.2, -0.15) is 0 Å². The molecule has 30 heavy (non-hydrogen) atoms. The standard InChI is InChI=1S/C23H25N3O3S/c1-16-13-19(18-7-5-4-6-8-18)26-23(25-16)30-15-22(27)24-12-11-17-9-10-20(28-2)21(14-17)29-3/h4-10,13-14H,11-12,15H2,1-3H3,(H,24,27). The molecule has 3 aromatic rings. The third-order valence-electron chi connectivity index (χ3n) is 4.42. The zero-order valence-corrected chi connectivity index (χ0v) is 18.2. The lowest BCUT2D eigenvalue weighted by Crippen LogP contribution is -2.27.